The number of benzene rings is 9. The molecule has 0 fully saturated rings. The van der Waals surface area contributed by atoms with E-state index in [1.54, 1.807) is 0 Å². The van der Waals surface area contributed by atoms with Crippen molar-refractivity contribution >= 4 is 49.8 Å². The van der Waals surface area contributed by atoms with Gasteiger partial charge >= 0.3 is 0 Å². The number of furan rings is 1. The number of fused-ring (bicyclic) bond motifs is 7. The van der Waals surface area contributed by atoms with Crippen molar-refractivity contribution in [3.05, 3.63) is 211 Å². The SMILES string of the molecule is CC1(C)c2ccccc2-c2ccc(-c3ccc(N(c4ccc5oc6ccccc6c5c4)c4ccccc4-c4cccc(-c5cccc6ccccc56)c4)cc3)cc21. The Hall–Kier alpha value is -7.16. The van der Waals surface area contributed by atoms with Gasteiger partial charge in [0.2, 0.25) is 0 Å². The molecule has 0 spiro atoms. The quantitative estimate of drug-likeness (QED) is 0.169. The van der Waals surface area contributed by atoms with Gasteiger partial charge in [0.05, 0.1) is 5.69 Å². The molecule has 0 atom stereocenters. The van der Waals surface area contributed by atoms with Gasteiger partial charge < -0.3 is 9.32 Å². The lowest BCUT2D eigenvalue weighted by Crippen LogP contribution is -2.14. The third-order valence-electron chi connectivity index (χ3n) is 12.1. The van der Waals surface area contributed by atoms with Crippen molar-refractivity contribution in [2.75, 3.05) is 4.90 Å². The normalized spacial score (nSPS) is 12.9. The van der Waals surface area contributed by atoms with Crippen LogP contribution in [0.5, 0.6) is 0 Å². The fraction of sp³-hybridized carbons (Fsp3) is 0.0545. The van der Waals surface area contributed by atoms with Crippen LogP contribution in [0.15, 0.2) is 205 Å². The minimum Gasteiger partial charge on any atom is -0.456 e. The minimum absolute atomic E-state index is 0.0524. The molecule has 1 aliphatic carbocycles. The summed E-state index contributed by atoms with van der Waals surface area (Å²) in [6.07, 6.45) is 0. The topological polar surface area (TPSA) is 16.4 Å². The molecular formula is C55H39NO. The lowest BCUT2D eigenvalue weighted by atomic mass is 9.81. The summed E-state index contributed by atoms with van der Waals surface area (Å²) in [7, 11) is 0. The molecule has 10 aromatic rings. The Morgan fingerprint density at radius 1 is 0.368 bits per heavy atom. The maximum atomic E-state index is 6.29. The van der Waals surface area contributed by atoms with E-state index >= 15 is 0 Å². The van der Waals surface area contributed by atoms with E-state index in [2.05, 4.69) is 207 Å². The zero-order chi connectivity index (χ0) is 38.1. The largest absolute Gasteiger partial charge is 0.456 e. The van der Waals surface area contributed by atoms with Gasteiger partial charge in [-0.15, -0.1) is 0 Å². The standard InChI is InChI=1S/C55H39NO/c1-55(2)50-22-8-5-19-46(50)47-31-27-38(34-51(47)55)36-25-28-41(29-26-36)56(42-30-32-54-49(35-42)48-20-7-10-24-53(48)57-54)52-23-9-6-18-45(52)40-16-11-15-39(33-40)44-21-12-14-37-13-3-4-17-43(37)44/h3-35H,1-2H3. The highest BCUT2D eigenvalue weighted by atomic mass is 16.3. The Balaban J connectivity index is 1.05. The lowest BCUT2D eigenvalue weighted by molar-refractivity contribution is 0.660. The average molecular weight is 730 g/mol. The van der Waals surface area contributed by atoms with Crippen molar-refractivity contribution in [1.29, 1.82) is 0 Å². The van der Waals surface area contributed by atoms with E-state index in [1.165, 1.54) is 55.3 Å². The van der Waals surface area contributed by atoms with E-state index in [0.29, 0.717) is 0 Å². The number of hydrogen-bond donors (Lipinski definition) is 0. The van der Waals surface area contributed by atoms with Crippen LogP contribution < -0.4 is 4.90 Å². The Morgan fingerprint density at radius 2 is 0.982 bits per heavy atom. The van der Waals surface area contributed by atoms with Gasteiger partial charge in [0.1, 0.15) is 11.2 Å². The zero-order valence-electron chi connectivity index (χ0n) is 31.9. The minimum atomic E-state index is -0.0524. The molecule has 0 amide bonds. The molecule has 9 aromatic carbocycles. The number of nitrogens with zero attached hydrogens (tertiary/aromatic N) is 1. The molecule has 1 heterocycles. The van der Waals surface area contributed by atoms with Crippen molar-refractivity contribution in [3.63, 3.8) is 0 Å². The lowest BCUT2D eigenvalue weighted by Gasteiger charge is -2.28. The molecule has 11 rings (SSSR count). The molecule has 0 bridgehead atoms. The summed E-state index contributed by atoms with van der Waals surface area (Å²) in [5, 5.41) is 4.71. The van der Waals surface area contributed by atoms with E-state index in [0.717, 1.165) is 50.1 Å². The number of rotatable bonds is 6. The first-order chi connectivity index (χ1) is 28.0. The molecule has 0 aliphatic heterocycles. The van der Waals surface area contributed by atoms with Crippen molar-refractivity contribution < 1.29 is 4.42 Å². The monoisotopic (exact) mass is 729 g/mol. The molecule has 0 radical (unpaired) electrons. The van der Waals surface area contributed by atoms with Crippen molar-refractivity contribution in [3.8, 4) is 44.5 Å². The van der Waals surface area contributed by atoms with Crippen molar-refractivity contribution in [2.24, 2.45) is 0 Å². The van der Waals surface area contributed by atoms with Crippen LogP contribution in [-0.2, 0) is 5.41 Å². The highest BCUT2D eigenvalue weighted by Gasteiger charge is 2.35. The van der Waals surface area contributed by atoms with E-state index in [-0.39, 0.29) is 5.41 Å². The van der Waals surface area contributed by atoms with Crippen LogP contribution in [0, 0.1) is 0 Å². The molecule has 2 nitrogen and oxygen atoms in total. The van der Waals surface area contributed by atoms with Crippen LogP contribution in [0.1, 0.15) is 25.0 Å². The summed E-state index contributed by atoms with van der Waals surface area (Å²) in [5.41, 5.74) is 17.6. The molecule has 270 valence electrons. The summed E-state index contributed by atoms with van der Waals surface area (Å²) in [6, 6.07) is 72.7. The second-order valence-electron chi connectivity index (χ2n) is 15.7. The van der Waals surface area contributed by atoms with Crippen LogP contribution >= 0.6 is 0 Å². The fourth-order valence-electron chi connectivity index (χ4n) is 9.21. The summed E-state index contributed by atoms with van der Waals surface area (Å²) >= 11 is 0. The van der Waals surface area contributed by atoms with Gasteiger partial charge in [-0.1, -0.05) is 159 Å². The maximum Gasteiger partial charge on any atom is 0.135 e. The number of para-hydroxylation sites is 2. The summed E-state index contributed by atoms with van der Waals surface area (Å²) in [4.78, 5) is 2.40. The van der Waals surface area contributed by atoms with Crippen LogP contribution in [0.3, 0.4) is 0 Å². The van der Waals surface area contributed by atoms with Gasteiger partial charge in [0.25, 0.3) is 0 Å². The van der Waals surface area contributed by atoms with Crippen LogP contribution in [0.2, 0.25) is 0 Å². The predicted octanol–water partition coefficient (Wildman–Crippen LogP) is 15.5. The van der Waals surface area contributed by atoms with Crippen LogP contribution in [0.25, 0.3) is 77.2 Å². The predicted molar refractivity (Wildman–Crippen MR) is 240 cm³/mol. The second kappa shape index (κ2) is 13.0. The van der Waals surface area contributed by atoms with Gasteiger partial charge in [0, 0.05) is 33.1 Å². The summed E-state index contributed by atoms with van der Waals surface area (Å²) in [5.74, 6) is 0. The van der Waals surface area contributed by atoms with Gasteiger partial charge in [-0.25, -0.2) is 0 Å². The summed E-state index contributed by atoms with van der Waals surface area (Å²) < 4.78 is 6.29. The molecule has 0 N–H and O–H groups in total. The molecular weight excluding hydrogens is 691 g/mol. The summed E-state index contributed by atoms with van der Waals surface area (Å²) in [6.45, 7) is 4.69. The number of hydrogen-bond acceptors (Lipinski definition) is 2. The smallest absolute Gasteiger partial charge is 0.135 e. The molecule has 0 saturated heterocycles. The van der Waals surface area contributed by atoms with Crippen LogP contribution in [0.4, 0.5) is 17.1 Å². The van der Waals surface area contributed by atoms with E-state index < -0.39 is 0 Å². The fourth-order valence-corrected chi connectivity index (χ4v) is 9.21. The third kappa shape index (κ3) is 5.40. The van der Waals surface area contributed by atoms with E-state index in [1.807, 2.05) is 12.1 Å². The second-order valence-corrected chi connectivity index (χ2v) is 15.7. The Morgan fingerprint density at radius 3 is 1.86 bits per heavy atom. The molecule has 2 heteroatoms. The first-order valence-electron chi connectivity index (χ1n) is 19.8. The van der Waals surface area contributed by atoms with Crippen molar-refractivity contribution in [1.82, 2.24) is 0 Å². The Kier molecular flexibility index (Phi) is 7.55. The van der Waals surface area contributed by atoms with Gasteiger partial charge in [-0.3, -0.25) is 0 Å². The molecule has 0 saturated carbocycles. The maximum absolute atomic E-state index is 6.29. The highest BCUT2D eigenvalue weighted by Crippen LogP contribution is 2.50. The van der Waals surface area contributed by atoms with E-state index in [9.17, 15) is 0 Å². The van der Waals surface area contributed by atoms with Crippen LogP contribution in [-0.4, -0.2) is 0 Å². The van der Waals surface area contributed by atoms with Gasteiger partial charge in [-0.2, -0.15) is 0 Å². The zero-order valence-corrected chi connectivity index (χ0v) is 31.9. The highest BCUT2D eigenvalue weighted by molar-refractivity contribution is 6.07. The Labute approximate surface area is 332 Å². The average Bonchev–Trinajstić information content (AvgIpc) is 3.75. The van der Waals surface area contributed by atoms with Gasteiger partial charge in [-0.05, 0) is 115 Å². The molecule has 1 aromatic heterocycles. The molecule has 1 aliphatic rings. The Bertz CT molecular complexity index is 3160. The van der Waals surface area contributed by atoms with Crippen molar-refractivity contribution in [2.45, 2.75) is 19.3 Å². The molecule has 57 heavy (non-hydrogen) atoms. The first kappa shape index (κ1) is 33.2. The van der Waals surface area contributed by atoms with Gasteiger partial charge in [0.15, 0.2) is 0 Å². The third-order valence-corrected chi connectivity index (χ3v) is 12.1. The number of anilines is 3. The van der Waals surface area contributed by atoms with E-state index in [4.69, 9.17) is 4.42 Å². The molecule has 0 unspecified atom stereocenters. The first-order valence-corrected chi connectivity index (χ1v) is 19.8.